The zero-order chi connectivity index (χ0) is 11.5. The normalized spacial score (nSPS) is 29.4. The molecule has 1 heterocycles. The van der Waals surface area contributed by atoms with Crippen molar-refractivity contribution in [2.45, 2.75) is 38.4 Å². The van der Waals surface area contributed by atoms with Crippen molar-refractivity contribution < 1.29 is 13.2 Å². The van der Waals surface area contributed by atoms with E-state index in [0.29, 0.717) is 13.1 Å². The fourth-order valence-electron chi connectivity index (χ4n) is 2.51. The van der Waals surface area contributed by atoms with Crippen LogP contribution in [0.4, 0.5) is 13.2 Å². The highest BCUT2D eigenvalue weighted by atomic mass is 19.4. The average Bonchev–Trinajstić information content (AvgIpc) is 2.15. The summed E-state index contributed by atoms with van der Waals surface area (Å²) < 4.78 is 36.9. The molecule has 2 nitrogen and oxygen atoms in total. The molecule has 0 aromatic heterocycles. The van der Waals surface area contributed by atoms with Crippen LogP contribution in [0.25, 0.3) is 0 Å². The second-order valence-corrected chi connectivity index (χ2v) is 4.20. The van der Waals surface area contributed by atoms with Gasteiger partial charge in [-0.2, -0.15) is 13.2 Å². The smallest absolute Gasteiger partial charge is 0.330 e. The minimum absolute atomic E-state index is 0.00498. The average molecular weight is 224 g/mol. The van der Waals surface area contributed by atoms with Crippen molar-refractivity contribution in [3.63, 3.8) is 0 Å². The van der Waals surface area contributed by atoms with Crippen molar-refractivity contribution in [1.29, 1.82) is 0 Å². The Morgan fingerprint density at radius 3 is 2.53 bits per heavy atom. The maximum atomic E-state index is 12.3. The summed E-state index contributed by atoms with van der Waals surface area (Å²) in [5, 5.41) is 0. The van der Waals surface area contributed by atoms with E-state index in [4.69, 9.17) is 5.73 Å². The molecule has 0 aromatic carbocycles. The highest BCUT2D eigenvalue weighted by molar-refractivity contribution is 4.85. The number of alkyl halides is 3. The summed E-state index contributed by atoms with van der Waals surface area (Å²) in [6, 6.07) is 0.00498. The van der Waals surface area contributed by atoms with Gasteiger partial charge >= 0.3 is 6.18 Å². The number of hydrogen-bond donors (Lipinski definition) is 1. The molecule has 1 saturated heterocycles. The number of nitrogens with two attached hydrogens (primary N) is 1. The molecular formula is C10H19F3N2. The second kappa shape index (κ2) is 5.16. The van der Waals surface area contributed by atoms with Crippen LogP contribution in [0.5, 0.6) is 0 Å². The molecule has 0 saturated carbocycles. The first-order valence-corrected chi connectivity index (χ1v) is 5.48. The van der Waals surface area contributed by atoms with Crippen LogP contribution in [-0.4, -0.2) is 36.8 Å². The van der Waals surface area contributed by atoms with Crippen molar-refractivity contribution in [2.24, 2.45) is 11.7 Å². The third-order valence-electron chi connectivity index (χ3n) is 3.14. The number of halogens is 3. The van der Waals surface area contributed by atoms with E-state index < -0.39 is 12.7 Å². The third-order valence-corrected chi connectivity index (χ3v) is 3.14. The van der Waals surface area contributed by atoms with Crippen molar-refractivity contribution in [1.82, 2.24) is 4.90 Å². The van der Waals surface area contributed by atoms with Gasteiger partial charge in [-0.3, -0.25) is 4.90 Å². The van der Waals surface area contributed by atoms with E-state index in [0.717, 1.165) is 19.3 Å². The van der Waals surface area contributed by atoms with E-state index in [-0.39, 0.29) is 12.0 Å². The third kappa shape index (κ3) is 3.65. The summed E-state index contributed by atoms with van der Waals surface area (Å²) in [6.07, 6.45) is -1.56. The first kappa shape index (κ1) is 12.8. The van der Waals surface area contributed by atoms with Crippen molar-refractivity contribution in [2.75, 3.05) is 19.6 Å². The molecule has 2 N–H and O–H groups in total. The monoisotopic (exact) mass is 224 g/mol. The highest BCUT2D eigenvalue weighted by Gasteiger charge is 2.37. The molecule has 0 aromatic rings. The molecule has 0 unspecified atom stereocenters. The fourth-order valence-corrected chi connectivity index (χ4v) is 2.51. The van der Waals surface area contributed by atoms with Gasteiger partial charge < -0.3 is 5.73 Å². The predicted molar refractivity (Wildman–Crippen MR) is 53.5 cm³/mol. The SMILES string of the molecule is CC[C@@H]1[C@@H](CN)CCCN1CC(F)(F)F. The van der Waals surface area contributed by atoms with Crippen LogP contribution in [0, 0.1) is 5.92 Å². The van der Waals surface area contributed by atoms with E-state index in [1.807, 2.05) is 6.92 Å². The van der Waals surface area contributed by atoms with Crippen LogP contribution >= 0.6 is 0 Å². The van der Waals surface area contributed by atoms with Gasteiger partial charge in [-0.15, -0.1) is 0 Å². The van der Waals surface area contributed by atoms with Crippen LogP contribution in [0.15, 0.2) is 0 Å². The standard InChI is InChI=1S/C10H19F3N2/c1-2-9-8(6-14)4-3-5-15(9)7-10(11,12)13/h8-9H,2-7,14H2,1H3/t8-,9-/m1/s1. The maximum Gasteiger partial charge on any atom is 0.401 e. The van der Waals surface area contributed by atoms with Crippen molar-refractivity contribution in [3.05, 3.63) is 0 Å². The Bertz CT molecular complexity index is 194. The lowest BCUT2D eigenvalue weighted by atomic mass is 9.87. The molecule has 90 valence electrons. The number of piperidine rings is 1. The van der Waals surface area contributed by atoms with Crippen molar-refractivity contribution >= 4 is 0 Å². The van der Waals surface area contributed by atoms with Crippen LogP contribution in [0.2, 0.25) is 0 Å². The first-order chi connectivity index (χ1) is 6.98. The Balaban J connectivity index is 2.61. The zero-order valence-corrected chi connectivity index (χ0v) is 9.06. The Morgan fingerprint density at radius 1 is 1.40 bits per heavy atom. The summed E-state index contributed by atoms with van der Waals surface area (Å²) in [6.45, 7) is 2.19. The van der Waals surface area contributed by atoms with Gasteiger partial charge in [-0.1, -0.05) is 6.92 Å². The lowest BCUT2D eigenvalue weighted by molar-refractivity contribution is -0.156. The Kier molecular flexibility index (Phi) is 4.40. The topological polar surface area (TPSA) is 29.3 Å². The summed E-state index contributed by atoms with van der Waals surface area (Å²) in [5.74, 6) is 0.228. The molecule has 0 aliphatic carbocycles. The molecule has 0 spiro atoms. The van der Waals surface area contributed by atoms with E-state index in [1.54, 1.807) is 4.90 Å². The molecule has 1 fully saturated rings. The molecule has 0 bridgehead atoms. The summed E-state index contributed by atoms with van der Waals surface area (Å²) >= 11 is 0. The van der Waals surface area contributed by atoms with Gasteiger partial charge in [-0.05, 0) is 38.3 Å². The van der Waals surface area contributed by atoms with Crippen LogP contribution in [0.3, 0.4) is 0 Å². The summed E-state index contributed by atoms with van der Waals surface area (Å²) in [5.41, 5.74) is 5.59. The van der Waals surface area contributed by atoms with E-state index in [1.165, 1.54) is 0 Å². The van der Waals surface area contributed by atoms with E-state index >= 15 is 0 Å². The highest BCUT2D eigenvalue weighted by Crippen LogP contribution is 2.28. The van der Waals surface area contributed by atoms with Gasteiger partial charge in [0.15, 0.2) is 0 Å². The minimum Gasteiger partial charge on any atom is -0.330 e. The van der Waals surface area contributed by atoms with Gasteiger partial charge in [-0.25, -0.2) is 0 Å². The molecule has 1 aliphatic rings. The lowest BCUT2D eigenvalue weighted by Crippen LogP contribution is -2.50. The molecular weight excluding hydrogens is 205 g/mol. The summed E-state index contributed by atoms with van der Waals surface area (Å²) in [4.78, 5) is 1.54. The molecule has 2 atom stereocenters. The first-order valence-electron chi connectivity index (χ1n) is 5.48. The number of likely N-dealkylation sites (tertiary alicyclic amines) is 1. The molecule has 0 radical (unpaired) electrons. The Hall–Kier alpha value is -0.290. The zero-order valence-electron chi connectivity index (χ0n) is 9.06. The minimum atomic E-state index is -4.09. The molecule has 0 amide bonds. The number of nitrogens with zero attached hydrogens (tertiary/aromatic N) is 1. The van der Waals surface area contributed by atoms with Gasteiger partial charge in [0.2, 0.25) is 0 Å². The summed E-state index contributed by atoms with van der Waals surface area (Å²) in [7, 11) is 0. The Morgan fingerprint density at radius 2 is 2.07 bits per heavy atom. The largest absolute Gasteiger partial charge is 0.401 e. The van der Waals surface area contributed by atoms with Gasteiger partial charge in [0, 0.05) is 6.04 Å². The maximum absolute atomic E-state index is 12.3. The predicted octanol–water partition coefficient (Wildman–Crippen LogP) is 2.00. The van der Waals surface area contributed by atoms with Gasteiger partial charge in [0.05, 0.1) is 6.54 Å². The molecule has 1 aliphatic heterocycles. The molecule has 1 rings (SSSR count). The van der Waals surface area contributed by atoms with Gasteiger partial charge in [0.25, 0.3) is 0 Å². The van der Waals surface area contributed by atoms with Gasteiger partial charge in [0.1, 0.15) is 0 Å². The fraction of sp³-hybridized carbons (Fsp3) is 1.00. The van der Waals surface area contributed by atoms with Crippen LogP contribution in [-0.2, 0) is 0 Å². The lowest BCUT2D eigenvalue weighted by Gasteiger charge is -2.40. The Labute approximate surface area is 88.6 Å². The van der Waals surface area contributed by atoms with E-state index in [2.05, 4.69) is 0 Å². The van der Waals surface area contributed by atoms with E-state index in [9.17, 15) is 13.2 Å². The van der Waals surface area contributed by atoms with Crippen LogP contribution < -0.4 is 5.73 Å². The van der Waals surface area contributed by atoms with Crippen molar-refractivity contribution in [3.8, 4) is 0 Å². The van der Waals surface area contributed by atoms with Crippen LogP contribution in [0.1, 0.15) is 26.2 Å². The molecule has 5 heteroatoms. The number of hydrogen-bond acceptors (Lipinski definition) is 2. The quantitative estimate of drug-likeness (QED) is 0.794. The second-order valence-electron chi connectivity index (χ2n) is 4.20. The number of rotatable bonds is 3. The molecule has 15 heavy (non-hydrogen) atoms.